The Morgan fingerprint density at radius 1 is 0.473 bits per heavy atom. The third-order valence-corrected chi connectivity index (χ3v) is 20.2. The minimum absolute atomic E-state index is 0.0165. The van der Waals surface area contributed by atoms with E-state index in [1.165, 1.54) is 6.42 Å². The number of carbonyl (C=O) groups is 8. The Morgan fingerprint density at radius 2 is 0.868 bits per heavy atom. The fourth-order valence-electron chi connectivity index (χ4n) is 11.4. The number of hydrogen-bond donors (Lipinski definition) is 4. The first-order valence-corrected chi connectivity index (χ1v) is 36.5. The van der Waals surface area contributed by atoms with Gasteiger partial charge in [-0.15, -0.1) is 0 Å². The molecule has 4 N–H and O–H groups in total. The molecule has 21 heteroatoms. The van der Waals surface area contributed by atoms with Crippen LogP contribution in [0, 0.1) is 58.7 Å². The first-order chi connectivity index (χ1) is 42.2. The van der Waals surface area contributed by atoms with Crippen LogP contribution in [-0.4, -0.2) is 254 Å². The SMILES string of the molecule is CC(C)C(=O)C1(C)CCC(O)CC1.CC(C)C(=O)C1CCCN(C)C1.CC(C)C(=O)C1CCN(C)CC1.CC(C)C(=O)CN1CCC(C)(O)CC1.CC(C)C(=O)CN1CCC(O)CC1.CC(C)C(=O)CN1CCNC(=O)C1.CC(C)C(=O)CN1CCS(=O)(=O)CC1. The van der Waals surface area contributed by atoms with Crippen molar-refractivity contribution >= 4 is 56.2 Å². The van der Waals surface area contributed by atoms with E-state index >= 15 is 0 Å². The number of aliphatic hydroxyl groups is 3. The Bertz CT molecular complexity index is 2280. The summed E-state index contributed by atoms with van der Waals surface area (Å²) in [6.07, 6.45) is 10.5. The Labute approximate surface area is 551 Å². The third kappa shape index (κ3) is 36.4. The zero-order valence-corrected chi connectivity index (χ0v) is 61.1. The molecule has 20 nitrogen and oxygen atoms in total. The summed E-state index contributed by atoms with van der Waals surface area (Å²) in [5, 5.41) is 31.1. The van der Waals surface area contributed by atoms with E-state index in [4.69, 9.17) is 0 Å². The molecule has 0 spiro atoms. The van der Waals surface area contributed by atoms with Crippen molar-refractivity contribution in [2.24, 2.45) is 58.7 Å². The van der Waals surface area contributed by atoms with Gasteiger partial charge >= 0.3 is 0 Å². The van der Waals surface area contributed by atoms with Gasteiger partial charge in [-0.2, -0.15) is 0 Å². The van der Waals surface area contributed by atoms with Gasteiger partial charge in [-0.05, 0) is 118 Å². The van der Waals surface area contributed by atoms with E-state index in [1.807, 2.05) is 121 Å². The van der Waals surface area contributed by atoms with Crippen molar-refractivity contribution < 1.29 is 62.1 Å². The Kier molecular flexibility index (Phi) is 40.6. The number of rotatable bonds is 18. The molecule has 0 aromatic heterocycles. The molecule has 6 aliphatic heterocycles. The largest absolute Gasteiger partial charge is 0.393 e. The lowest BCUT2D eigenvalue weighted by Crippen LogP contribution is -2.49. The molecule has 6 saturated heterocycles. The number of hydrogen-bond acceptors (Lipinski definition) is 19. The standard InChI is InChI=1S/C11H21NO2.C11H20O2.C10H19NO2.2C10H19NO.C9H16N2O2.C9H17NO3S/c1-9(2)10(13)8-12-6-4-11(3,14)5-7-12;1-8(2)10(13)11(3)6-4-9(12)5-7-11;1-8(2)10(13)7-11-5-3-9(12)4-6-11;1-8(2)10(12)9-4-6-11(3)7-5-9;1-8(2)10(12)9-5-4-6-11(3)7-9;1-7(2)8(12)5-11-4-3-10-9(13)6-11;1-8(2)9(11)7-10-3-5-14(12,13)6-4-10/h9,14H,4-8H2,1-3H3;8-9,12H,4-7H2,1-3H3;8-9,12H,3-7H2,1-2H3;2*8-9H,4-7H2,1-3H3;7H,3-6H2,1-2H3,(H,10,13);8H,3-7H2,1-2H3. The second kappa shape index (κ2) is 43.0. The van der Waals surface area contributed by atoms with Gasteiger partial charge in [0, 0.05) is 118 Å². The average molecular weight is 1310 g/mol. The van der Waals surface area contributed by atoms with Gasteiger partial charge in [0.1, 0.15) is 40.5 Å². The minimum atomic E-state index is -2.82. The number of sulfone groups is 1. The molecule has 7 aliphatic rings. The molecular weight excluding hydrogens is 1180 g/mol. The molecule has 1 saturated carbocycles. The highest BCUT2D eigenvalue weighted by Crippen LogP contribution is 2.38. The van der Waals surface area contributed by atoms with Crippen molar-refractivity contribution in [3.05, 3.63) is 0 Å². The number of piperidine rings is 4. The molecule has 1 atom stereocenters. The Hall–Kier alpha value is -3.25. The van der Waals surface area contributed by atoms with Gasteiger partial charge in [0.2, 0.25) is 5.91 Å². The summed E-state index contributed by atoms with van der Waals surface area (Å²) < 4.78 is 22.2. The number of Topliss-reactive ketones (excluding diaryl/α,β-unsaturated/α-hetero) is 7. The Morgan fingerprint density at radius 3 is 1.26 bits per heavy atom. The van der Waals surface area contributed by atoms with Gasteiger partial charge < -0.3 is 30.4 Å². The second-order valence-corrected chi connectivity index (χ2v) is 32.2. The number of carbonyl (C=O) groups excluding carboxylic acids is 8. The molecule has 0 bridgehead atoms. The molecule has 7 rings (SSSR count). The number of nitrogens with one attached hydrogen (secondary N) is 1. The molecule has 91 heavy (non-hydrogen) atoms. The Balaban J connectivity index is 0.000000531. The van der Waals surface area contributed by atoms with Crippen molar-refractivity contribution in [2.75, 3.05) is 137 Å². The van der Waals surface area contributed by atoms with Gasteiger partial charge in [-0.3, -0.25) is 58.0 Å². The summed E-state index contributed by atoms with van der Waals surface area (Å²) in [6, 6.07) is 0. The van der Waals surface area contributed by atoms with Crippen LogP contribution >= 0.6 is 0 Å². The maximum absolute atomic E-state index is 11.8. The summed E-state index contributed by atoms with van der Waals surface area (Å²) in [5.74, 6) is 4.22. The van der Waals surface area contributed by atoms with Crippen LogP contribution in [0.2, 0.25) is 0 Å². The molecule has 6 heterocycles. The van der Waals surface area contributed by atoms with Crippen LogP contribution in [0.5, 0.6) is 0 Å². The normalized spacial score (nSPS) is 23.9. The van der Waals surface area contributed by atoms with Crippen LogP contribution in [0.15, 0.2) is 0 Å². The van der Waals surface area contributed by atoms with E-state index in [-0.39, 0.29) is 88.0 Å². The van der Waals surface area contributed by atoms with E-state index in [2.05, 4.69) is 39.0 Å². The van der Waals surface area contributed by atoms with Crippen LogP contribution in [-0.2, 0) is 48.2 Å². The van der Waals surface area contributed by atoms with Crippen LogP contribution in [0.1, 0.15) is 188 Å². The highest BCUT2D eigenvalue weighted by atomic mass is 32.2. The van der Waals surface area contributed by atoms with Gasteiger partial charge in [0.25, 0.3) is 0 Å². The van der Waals surface area contributed by atoms with E-state index in [1.54, 1.807) is 0 Å². The van der Waals surface area contributed by atoms with Crippen molar-refractivity contribution in [2.45, 2.75) is 206 Å². The fourth-order valence-corrected chi connectivity index (χ4v) is 12.7. The fraction of sp³-hybridized carbons (Fsp3) is 0.886. The minimum Gasteiger partial charge on any atom is -0.393 e. The summed E-state index contributed by atoms with van der Waals surface area (Å²) >= 11 is 0. The molecule has 0 aromatic carbocycles. The molecule has 1 unspecified atom stereocenters. The van der Waals surface area contributed by atoms with Crippen LogP contribution < -0.4 is 5.32 Å². The molecule has 7 fully saturated rings. The zero-order chi connectivity index (χ0) is 69.6. The van der Waals surface area contributed by atoms with Crippen LogP contribution in [0.3, 0.4) is 0 Å². The smallest absolute Gasteiger partial charge is 0.234 e. The van der Waals surface area contributed by atoms with E-state index < -0.39 is 15.4 Å². The monoisotopic (exact) mass is 1310 g/mol. The number of piperazine rings is 1. The lowest BCUT2D eigenvalue weighted by molar-refractivity contribution is -0.134. The quantitative estimate of drug-likeness (QED) is 0.113. The first kappa shape index (κ1) is 85.8. The summed E-state index contributed by atoms with van der Waals surface area (Å²) in [4.78, 5) is 104. The predicted octanol–water partition coefficient (Wildman–Crippen LogP) is 6.57. The number of aliphatic hydroxyl groups excluding tert-OH is 2. The van der Waals surface area contributed by atoms with Gasteiger partial charge in [-0.1, -0.05) is 104 Å². The molecule has 0 radical (unpaired) electrons. The maximum atomic E-state index is 11.8. The van der Waals surface area contributed by atoms with Crippen molar-refractivity contribution in [1.29, 1.82) is 0 Å². The zero-order valence-electron chi connectivity index (χ0n) is 60.3. The lowest BCUT2D eigenvalue weighted by Gasteiger charge is -2.35. The molecule has 1 aliphatic carbocycles. The predicted molar refractivity (Wildman–Crippen MR) is 364 cm³/mol. The van der Waals surface area contributed by atoms with Crippen LogP contribution in [0.4, 0.5) is 0 Å². The van der Waals surface area contributed by atoms with E-state index in [0.717, 1.165) is 130 Å². The number of likely N-dealkylation sites (tertiary alicyclic amines) is 4. The summed E-state index contributed by atoms with van der Waals surface area (Å²) in [7, 11) is 1.39. The number of ketones is 7. The van der Waals surface area contributed by atoms with E-state index in [0.29, 0.717) is 93.1 Å². The first-order valence-electron chi connectivity index (χ1n) is 34.7. The second-order valence-electron chi connectivity index (χ2n) is 29.9. The van der Waals surface area contributed by atoms with Crippen molar-refractivity contribution in [3.8, 4) is 0 Å². The van der Waals surface area contributed by atoms with E-state index in [9.17, 15) is 62.1 Å². The number of amides is 1. The number of nitrogens with zero attached hydrogens (tertiary/aromatic N) is 6. The third-order valence-electron chi connectivity index (χ3n) is 18.6. The van der Waals surface area contributed by atoms with Crippen LogP contribution in [0.25, 0.3) is 0 Å². The van der Waals surface area contributed by atoms with Crippen molar-refractivity contribution in [1.82, 2.24) is 34.7 Å². The highest BCUT2D eigenvalue weighted by Gasteiger charge is 2.38. The molecule has 0 aromatic rings. The van der Waals surface area contributed by atoms with Gasteiger partial charge in [0.15, 0.2) is 9.84 Å². The highest BCUT2D eigenvalue weighted by molar-refractivity contribution is 7.91. The summed E-state index contributed by atoms with van der Waals surface area (Å²) in [5.41, 5.74) is -0.676. The topological polar surface area (TPSA) is 263 Å². The van der Waals surface area contributed by atoms with Gasteiger partial charge in [0.05, 0.1) is 62.0 Å². The molecule has 530 valence electrons. The summed E-state index contributed by atoms with van der Waals surface area (Å²) in [6.45, 7) is 43.5. The van der Waals surface area contributed by atoms with Gasteiger partial charge in [-0.25, -0.2) is 8.42 Å². The molecule has 1 amide bonds. The maximum Gasteiger partial charge on any atom is 0.234 e. The molecular formula is C70H131N7O13S. The van der Waals surface area contributed by atoms with Crippen molar-refractivity contribution in [3.63, 3.8) is 0 Å². The lowest BCUT2D eigenvalue weighted by atomic mass is 9.69. The average Bonchev–Trinajstić information content (AvgIpc) is 1.09.